The number of nitrogens with zero attached hydrogens (tertiary/aromatic N) is 4. The normalized spacial score (nSPS) is 15.6. The minimum absolute atomic E-state index is 0.0480. The number of carbonyl (C=O) groups is 1. The summed E-state index contributed by atoms with van der Waals surface area (Å²) in [5.74, 6) is 1.11. The summed E-state index contributed by atoms with van der Waals surface area (Å²) in [7, 11) is 0. The summed E-state index contributed by atoms with van der Waals surface area (Å²) in [6.45, 7) is 6.05. The molecule has 1 atom stereocenters. The number of aromatic nitrogens is 4. The van der Waals surface area contributed by atoms with E-state index in [1.165, 1.54) is 0 Å². The Bertz CT molecular complexity index is 690. The molecule has 1 amide bonds. The van der Waals surface area contributed by atoms with Crippen LogP contribution in [0.25, 0.3) is 0 Å². The van der Waals surface area contributed by atoms with Gasteiger partial charge in [-0.05, 0) is 51.7 Å². The van der Waals surface area contributed by atoms with Crippen LogP contribution in [0.1, 0.15) is 41.8 Å². The number of carbonyl (C=O) groups excluding carboxylic acids is 1. The van der Waals surface area contributed by atoms with Crippen LogP contribution in [0.5, 0.6) is 0 Å². The maximum Gasteiger partial charge on any atom is 0.242 e. The van der Waals surface area contributed by atoms with Gasteiger partial charge in [0.1, 0.15) is 6.54 Å². The van der Waals surface area contributed by atoms with Crippen LogP contribution >= 0.6 is 0 Å². The van der Waals surface area contributed by atoms with E-state index in [0.717, 1.165) is 29.9 Å². The molecular weight excluding hydrogens is 278 g/mol. The lowest BCUT2D eigenvalue weighted by Crippen LogP contribution is -2.34. The summed E-state index contributed by atoms with van der Waals surface area (Å²) in [4.78, 5) is 21.2. The van der Waals surface area contributed by atoms with Crippen LogP contribution in [0.2, 0.25) is 0 Å². The second kappa shape index (κ2) is 5.87. The summed E-state index contributed by atoms with van der Waals surface area (Å²) >= 11 is 0. The Hall–Kier alpha value is -2.24. The minimum Gasteiger partial charge on any atom is -0.344 e. The fourth-order valence-corrected chi connectivity index (χ4v) is 2.63. The van der Waals surface area contributed by atoms with Gasteiger partial charge in [0.15, 0.2) is 5.82 Å². The molecule has 1 fully saturated rings. The number of aryl methyl sites for hydroxylation is 3. The average Bonchev–Trinajstić information content (AvgIpc) is 3.23. The summed E-state index contributed by atoms with van der Waals surface area (Å²) < 4.78 is 1.73. The van der Waals surface area contributed by atoms with Gasteiger partial charge in [-0.1, -0.05) is 0 Å². The van der Waals surface area contributed by atoms with Gasteiger partial charge in [0.25, 0.3) is 0 Å². The molecule has 3 rings (SSSR count). The third kappa shape index (κ3) is 3.32. The van der Waals surface area contributed by atoms with Crippen LogP contribution in [0.4, 0.5) is 0 Å². The van der Waals surface area contributed by atoms with E-state index in [0.29, 0.717) is 11.7 Å². The Morgan fingerprint density at radius 3 is 2.73 bits per heavy atom. The molecule has 2 aromatic heterocycles. The van der Waals surface area contributed by atoms with Crippen molar-refractivity contribution in [2.75, 3.05) is 0 Å². The molecule has 22 heavy (non-hydrogen) atoms. The van der Waals surface area contributed by atoms with Crippen LogP contribution in [0.15, 0.2) is 18.3 Å². The van der Waals surface area contributed by atoms with E-state index in [9.17, 15) is 4.79 Å². The zero-order chi connectivity index (χ0) is 15.7. The number of hydrogen-bond donors (Lipinski definition) is 1. The first-order valence-corrected chi connectivity index (χ1v) is 7.63. The summed E-state index contributed by atoms with van der Waals surface area (Å²) in [6.07, 6.45) is 3.98. The highest BCUT2D eigenvalue weighted by Crippen LogP contribution is 2.39. The minimum atomic E-state index is -0.0932. The molecule has 116 valence electrons. The van der Waals surface area contributed by atoms with E-state index in [1.54, 1.807) is 10.9 Å². The Balaban J connectivity index is 1.71. The Morgan fingerprint density at radius 2 is 2.14 bits per heavy atom. The van der Waals surface area contributed by atoms with Gasteiger partial charge in [-0.3, -0.25) is 9.48 Å². The zero-order valence-corrected chi connectivity index (χ0v) is 13.2. The van der Waals surface area contributed by atoms with Crippen LogP contribution < -0.4 is 5.32 Å². The van der Waals surface area contributed by atoms with Crippen molar-refractivity contribution in [1.29, 1.82) is 0 Å². The highest BCUT2D eigenvalue weighted by atomic mass is 16.2. The summed E-state index contributed by atoms with van der Waals surface area (Å²) in [5, 5.41) is 7.41. The van der Waals surface area contributed by atoms with Gasteiger partial charge in [-0.25, -0.2) is 9.97 Å². The van der Waals surface area contributed by atoms with Gasteiger partial charge in [0.2, 0.25) is 5.91 Å². The first kappa shape index (κ1) is 14.7. The molecule has 1 aliphatic carbocycles. The van der Waals surface area contributed by atoms with E-state index >= 15 is 0 Å². The van der Waals surface area contributed by atoms with Crippen LogP contribution in [-0.2, 0) is 11.3 Å². The van der Waals surface area contributed by atoms with Gasteiger partial charge in [-0.2, -0.15) is 5.10 Å². The predicted molar refractivity (Wildman–Crippen MR) is 82.1 cm³/mol. The van der Waals surface area contributed by atoms with Gasteiger partial charge in [-0.15, -0.1) is 0 Å². The standard InChI is InChI=1S/C16H21N5O/c1-10-6-7-17-16(18-10)15(13-4-5-13)19-14(22)9-21-12(3)8-11(2)20-21/h6-8,13,15H,4-5,9H2,1-3H3,(H,19,22)/t15-/m0/s1. The predicted octanol–water partition coefficient (Wildman–Crippen LogP) is 1.87. The molecule has 0 radical (unpaired) electrons. The van der Waals surface area contributed by atoms with Crippen LogP contribution in [-0.4, -0.2) is 25.7 Å². The van der Waals surface area contributed by atoms with Crippen molar-refractivity contribution in [3.05, 3.63) is 41.2 Å². The lowest BCUT2D eigenvalue weighted by Gasteiger charge is -2.17. The molecule has 6 nitrogen and oxygen atoms in total. The van der Waals surface area contributed by atoms with Crippen molar-refractivity contribution >= 4 is 5.91 Å². The van der Waals surface area contributed by atoms with E-state index in [4.69, 9.17) is 0 Å². The lowest BCUT2D eigenvalue weighted by molar-refractivity contribution is -0.122. The molecule has 2 heterocycles. The fraction of sp³-hybridized carbons (Fsp3) is 0.500. The maximum absolute atomic E-state index is 12.3. The van der Waals surface area contributed by atoms with Crippen LogP contribution in [0, 0.1) is 26.7 Å². The molecule has 2 aromatic rings. The number of rotatable bonds is 5. The van der Waals surface area contributed by atoms with Crippen molar-refractivity contribution < 1.29 is 4.79 Å². The Morgan fingerprint density at radius 1 is 1.36 bits per heavy atom. The molecule has 0 spiro atoms. The van der Waals surface area contributed by atoms with Crippen molar-refractivity contribution in [3.63, 3.8) is 0 Å². The number of hydrogen-bond acceptors (Lipinski definition) is 4. The van der Waals surface area contributed by atoms with Crippen molar-refractivity contribution in [2.45, 2.75) is 46.2 Å². The zero-order valence-electron chi connectivity index (χ0n) is 13.2. The van der Waals surface area contributed by atoms with Gasteiger partial charge >= 0.3 is 0 Å². The monoisotopic (exact) mass is 299 g/mol. The highest BCUT2D eigenvalue weighted by Gasteiger charge is 2.35. The smallest absolute Gasteiger partial charge is 0.242 e. The third-order valence-corrected chi connectivity index (χ3v) is 3.90. The molecule has 1 N–H and O–H groups in total. The molecule has 0 saturated heterocycles. The Labute approximate surface area is 130 Å². The van der Waals surface area contributed by atoms with Crippen LogP contribution in [0.3, 0.4) is 0 Å². The van der Waals surface area contributed by atoms with Crippen molar-refractivity contribution in [1.82, 2.24) is 25.1 Å². The topological polar surface area (TPSA) is 72.7 Å². The molecule has 1 aliphatic rings. The number of nitrogens with one attached hydrogen (secondary N) is 1. The molecule has 0 aliphatic heterocycles. The van der Waals surface area contributed by atoms with E-state index in [1.807, 2.05) is 32.9 Å². The van der Waals surface area contributed by atoms with E-state index in [2.05, 4.69) is 20.4 Å². The van der Waals surface area contributed by atoms with Gasteiger partial charge in [0.05, 0.1) is 11.7 Å². The molecule has 0 aromatic carbocycles. The first-order chi connectivity index (χ1) is 10.5. The van der Waals surface area contributed by atoms with E-state index in [-0.39, 0.29) is 18.5 Å². The lowest BCUT2D eigenvalue weighted by atomic mass is 10.1. The summed E-state index contributed by atoms with van der Waals surface area (Å²) in [5.41, 5.74) is 2.83. The number of amides is 1. The molecular formula is C16H21N5O. The molecule has 0 unspecified atom stereocenters. The van der Waals surface area contributed by atoms with E-state index < -0.39 is 0 Å². The molecule has 1 saturated carbocycles. The largest absolute Gasteiger partial charge is 0.344 e. The maximum atomic E-state index is 12.3. The summed E-state index contributed by atoms with van der Waals surface area (Å²) in [6, 6.07) is 3.74. The quantitative estimate of drug-likeness (QED) is 0.914. The highest BCUT2D eigenvalue weighted by molar-refractivity contribution is 5.76. The average molecular weight is 299 g/mol. The van der Waals surface area contributed by atoms with Crippen molar-refractivity contribution in [3.8, 4) is 0 Å². The van der Waals surface area contributed by atoms with Gasteiger partial charge < -0.3 is 5.32 Å². The van der Waals surface area contributed by atoms with Crippen molar-refractivity contribution in [2.24, 2.45) is 5.92 Å². The Kier molecular flexibility index (Phi) is 3.92. The molecule has 0 bridgehead atoms. The fourth-order valence-electron chi connectivity index (χ4n) is 2.63. The second-order valence-electron chi connectivity index (χ2n) is 6.02. The first-order valence-electron chi connectivity index (χ1n) is 7.63. The second-order valence-corrected chi connectivity index (χ2v) is 6.02. The third-order valence-electron chi connectivity index (χ3n) is 3.90. The van der Waals surface area contributed by atoms with Gasteiger partial charge in [0, 0.05) is 17.6 Å². The molecule has 6 heteroatoms. The SMILES string of the molecule is Cc1ccnc([C@@H](NC(=O)Cn2nc(C)cc2C)C2CC2)n1.